The second kappa shape index (κ2) is 7.25. The van der Waals surface area contributed by atoms with E-state index in [0.29, 0.717) is 49.7 Å². The van der Waals surface area contributed by atoms with Crippen LogP contribution >= 0.6 is 0 Å². The monoisotopic (exact) mass is 359 g/mol. The van der Waals surface area contributed by atoms with E-state index in [1.54, 1.807) is 0 Å². The van der Waals surface area contributed by atoms with Gasteiger partial charge in [-0.05, 0) is 23.6 Å². The third kappa shape index (κ3) is 3.32. The number of morpholine rings is 1. The normalized spacial score (nSPS) is 18.3. The first kappa shape index (κ1) is 18.1. The molecular formula is C18H21N3O5. The molecule has 1 saturated heterocycles. The lowest BCUT2D eigenvalue weighted by Gasteiger charge is -2.29. The number of hydrogen-bond acceptors (Lipinski definition) is 6. The van der Waals surface area contributed by atoms with Crippen LogP contribution in [0.1, 0.15) is 19.4 Å². The Morgan fingerprint density at radius 3 is 2.27 bits per heavy atom. The van der Waals surface area contributed by atoms with Crippen LogP contribution in [-0.2, 0) is 14.3 Å². The number of benzene rings is 1. The zero-order chi connectivity index (χ0) is 18.8. The standard InChI is InChI=1S/C18H21N3O5/c1-12(2)11-20-17(22)15(13-3-5-14(6-4-13)21(24)25)16(18(20)23)19-7-9-26-10-8-19/h3-6,12H,7-11H2,1-2H3. The van der Waals surface area contributed by atoms with Crippen LogP contribution in [0.2, 0.25) is 0 Å². The fourth-order valence-corrected chi connectivity index (χ4v) is 3.18. The van der Waals surface area contributed by atoms with Gasteiger partial charge < -0.3 is 9.64 Å². The van der Waals surface area contributed by atoms with Crippen molar-refractivity contribution in [3.05, 3.63) is 45.6 Å². The molecule has 2 amide bonds. The van der Waals surface area contributed by atoms with Gasteiger partial charge in [0.2, 0.25) is 0 Å². The Morgan fingerprint density at radius 2 is 1.73 bits per heavy atom. The first-order chi connectivity index (χ1) is 12.4. The van der Waals surface area contributed by atoms with Crippen LogP contribution in [0, 0.1) is 16.0 Å². The SMILES string of the molecule is CC(C)CN1C(=O)C(c2ccc([N+](=O)[O-])cc2)=C(N2CCOCC2)C1=O. The van der Waals surface area contributed by atoms with Crippen LogP contribution in [-0.4, -0.2) is 59.4 Å². The molecule has 0 N–H and O–H groups in total. The molecule has 0 spiro atoms. The molecule has 0 saturated carbocycles. The molecule has 0 aromatic heterocycles. The van der Waals surface area contributed by atoms with Crippen molar-refractivity contribution in [1.29, 1.82) is 0 Å². The van der Waals surface area contributed by atoms with Gasteiger partial charge in [-0.1, -0.05) is 13.8 Å². The van der Waals surface area contributed by atoms with Crippen LogP contribution in [0.3, 0.4) is 0 Å². The van der Waals surface area contributed by atoms with Gasteiger partial charge in [0.25, 0.3) is 17.5 Å². The molecule has 1 aromatic rings. The average Bonchev–Trinajstić information content (AvgIpc) is 2.87. The molecule has 0 atom stereocenters. The predicted molar refractivity (Wildman–Crippen MR) is 94.0 cm³/mol. The van der Waals surface area contributed by atoms with Crippen molar-refractivity contribution in [3.63, 3.8) is 0 Å². The van der Waals surface area contributed by atoms with E-state index in [1.807, 2.05) is 18.7 Å². The lowest BCUT2D eigenvalue weighted by Crippen LogP contribution is -2.41. The van der Waals surface area contributed by atoms with E-state index in [0.717, 1.165) is 0 Å². The highest BCUT2D eigenvalue weighted by molar-refractivity contribution is 6.35. The lowest BCUT2D eigenvalue weighted by molar-refractivity contribution is -0.384. The summed E-state index contributed by atoms with van der Waals surface area (Å²) in [6.45, 7) is 6.26. The quantitative estimate of drug-likeness (QED) is 0.451. The molecular weight excluding hydrogens is 338 g/mol. The number of non-ortho nitro benzene ring substituents is 1. The van der Waals surface area contributed by atoms with Crippen LogP contribution < -0.4 is 0 Å². The Bertz CT molecular complexity index is 764. The minimum atomic E-state index is -0.492. The van der Waals surface area contributed by atoms with Crippen molar-refractivity contribution in [2.24, 2.45) is 5.92 Å². The van der Waals surface area contributed by atoms with Crippen molar-refractivity contribution in [2.75, 3.05) is 32.8 Å². The fraction of sp³-hybridized carbons (Fsp3) is 0.444. The summed E-state index contributed by atoms with van der Waals surface area (Å²) >= 11 is 0. The minimum Gasteiger partial charge on any atom is -0.378 e. The molecule has 138 valence electrons. The van der Waals surface area contributed by atoms with E-state index in [4.69, 9.17) is 4.74 Å². The Kier molecular flexibility index (Phi) is 5.03. The maximum atomic E-state index is 13.0. The molecule has 0 bridgehead atoms. The highest BCUT2D eigenvalue weighted by atomic mass is 16.6. The molecule has 2 heterocycles. The second-order valence-corrected chi connectivity index (χ2v) is 6.74. The molecule has 8 nitrogen and oxygen atoms in total. The number of nitrogens with zero attached hydrogens (tertiary/aromatic N) is 3. The Morgan fingerprint density at radius 1 is 1.12 bits per heavy atom. The maximum Gasteiger partial charge on any atom is 0.277 e. The van der Waals surface area contributed by atoms with E-state index in [1.165, 1.54) is 29.2 Å². The molecule has 3 rings (SSSR count). The van der Waals surface area contributed by atoms with Crippen molar-refractivity contribution in [3.8, 4) is 0 Å². The number of ether oxygens (including phenoxy) is 1. The topological polar surface area (TPSA) is 93.0 Å². The first-order valence-corrected chi connectivity index (χ1v) is 8.58. The van der Waals surface area contributed by atoms with Gasteiger partial charge in [0.15, 0.2) is 0 Å². The number of amides is 2. The smallest absolute Gasteiger partial charge is 0.277 e. The summed E-state index contributed by atoms with van der Waals surface area (Å²) in [5.41, 5.74) is 1.14. The van der Waals surface area contributed by atoms with Gasteiger partial charge in [-0.2, -0.15) is 0 Å². The Labute approximate surface area is 151 Å². The van der Waals surface area contributed by atoms with Crippen LogP contribution in [0.25, 0.3) is 5.57 Å². The van der Waals surface area contributed by atoms with Crippen LogP contribution in [0.15, 0.2) is 30.0 Å². The average molecular weight is 359 g/mol. The summed E-state index contributed by atoms with van der Waals surface area (Å²) in [4.78, 5) is 39.5. The van der Waals surface area contributed by atoms with Gasteiger partial charge in [-0.25, -0.2) is 0 Å². The van der Waals surface area contributed by atoms with Crippen LogP contribution in [0.4, 0.5) is 5.69 Å². The van der Waals surface area contributed by atoms with E-state index in [9.17, 15) is 19.7 Å². The number of nitro benzene ring substituents is 1. The van der Waals surface area contributed by atoms with Crippen molar-refractivity contribution in [1.82, 2.24) is 9.80 Å². The number of carbonyl (C=O) groups is 2. The van der Waals surface area contributed by atoms with E-state index < -0.39 is 4.92 Å². The highest BCUT2D eigenvalue weighted by Crippen LogP contribution is 2.33. The number of imide groups is 1. The van der Waals surface area contributed by atoms with Gasteiger partial charge in [-0.3, -0.25) is 24.6 Å². The fourth-order valence-electron chi connectivity index (χ4n) is 3.18. The van der Waals surface area contributed by atoms with Crippen molar-refractivity contribution < 1.29 is 19.2 Å². The van der Waals surface area contributed by atoms with Gasteiger partial charge in [-0.15, -0.1) is 0 Å². The van der Waals surface area contributed by atoms with Crippen molar-refractivity contribution in [2.45, 2.75) is 13.8 Å². The molecule has 0 aliphatic carbocycles. The summed E-state index contributed by atoms with van der Waals surface area (Å²) in [6.07, 6.45) is 0. The predicted octanol–water partition coefficient (Wildman–Crippen LogP) is 1.66. The molecule has 0 radical (unpaired) electrons. The Balaban J connectivity index is 2.04. The first-order valence-electron chi connectivity index (χ1n) is 8.58. The van der Waals surface area contributed by atoms with Gasteiger partial charge in [0, 0.05) is 31.8 Å². The highest BCUT2D eigenvalue weighted by Gasteiger charge is 2.42. The molecule has 1 fully saturated rings. The minimum absolute atomic E-state index is 0.0573. The van der Waals surface area contributed by atoms with E-state index >= 15 is 0 Å². The zero-order valence-electron chi connectivity index (χ0n) is 14.8. The summed E-state index contributed by atoms with van der Waals surface area (Å²) in [6, 6.07) is 5.75. The van der Waals surface area contributed by atoms with Gasteiger partial charge in [0.05, 0.1) is 23.7 Å². The number of carbonyl (C=O) groups excluding carboxylic acids is 2. The summed E-state index contributed by atoms with van der Waals surface area (Å²) in [5.74, 6) is -0.511. The molecule has 8 heteroatoms. The second-order valence-electron chi connectivity index (χ2n) is 6.74. The molecule has 2 aliphatic rings. The third-order valence-electron chi connectivity index (χ3n) is 4.39. The largest absolute Gasteiger partial charge is 0.378 e. The summed E-state index contributed by atoms with van der Waals surface area (Å²) in [7, 11) is 0. The molecule has 0 unspecified atom stereocenters. The van der Waals surface area contributed by atoms with Crippen LogP contribution in [0.5, 0.6) is 0 Å². The zero-order valence-corrected chi connectivity index (χ0v) is 14.8. The number of rotatable bonds is 5. The molecule has 26 heavy (non-hydrogen) atoms. The molecule has 2 aliphatic heterocycles. The third-order valence-corrected chi connectivity index (χ3v) is 4.39. The summed E-state index contributed by atoms with van der Waals surface area (Å²) in [5, 5.41) is 10.9. The van der Waals surface area contributed by atoms with Crippen molar-refractivity contribution >= 4 is 23.1 Å². The van der Waals surface area contributed by atoms with Gasteiger partial charge >= 0.3 is 0 Å². The Hall–Kier alpha value is -2.74. The number of hydrogen-bond donors (Lipinski definition) is 0. The lowest BCUT2D eigenvalue weighted by atomic mass is 10.0. The maximum absolute atomic E-state index is 13.0. The summed E-state index contributed by atoms with van der Waals surface area (Å²) < 4.78 is 5.35. The number of nitro groups is 1. The van der Waals surface area contributed by atoms with Gasteiger partial charge in [0.1, 0.15) is 5.70 Å². The van der Waals surface area contributed by atoms with E-state index in [-0.39, 0.29) is 23.4 Å². The molecule has 1 aromatic carbocycles. The van der Waals surface area contributed by atoms with E-state index in [2.05, 4.69) is 0 Å².